The second-order valence-electron chi connectivity index (χ2n) is 3.92. The quantitative estimate of drug-likeness (QED) is 0.649. The number of hydrogen-bond acceptors (Lipinski definition) is 2. The lowest BCUT2D eigenvalue weighted by molar-refractivity contribution is 0.102. The molecule has 0 aliphatic rings. The normalized spacial score (nSPS) is 10.2. The van der Waals surface area contributed by atoms with E-state index in [1.165, 1.54) is 0 Å². The van der Waals surface area contributed by atoms with Gasteiger partial charge in [0.25, 0.3) is 5.91 Å². The number of methoxy groups -OCH3 is 1. The van der Waals surface area contributed by atoms with Gasteiger partial charge < -0.3 is 10.1 Å². The number of ether oxygens (including phenoxy) is 1. The lowest BCUT2D eigenvalue weighted by Crippen LogP contribution is -2.13. The maximum absolute atomic E-state index is 12.3. The zero-order valence-corrected chi connectivity index (χ0v) is 14.9. The average molecular weight is 467 g/mol. The Balaban J connectivity index is 2.30. The molecule has 0 fully saturated rings. The van der Waals surface area contributed by atoms with E-state index in [1.807, 2.05) is 12.1 Å². The third kappa shape index (κ3) is 3.65. The number of carbonyl (C=O) groups excluding carboxylic acids is 1. The van der Waals surface area contributed by atoms with E-state index in [-0.39, 0.29) is 5.91 Å². The predicted octanol–water partition coefficient (Wildman–Crippen LogP) is 4.97. The van der Waals surface area contributed by atoms with Gasteiger partial charge in [0.05, 0.1) is 23.4 Å². The summed E-state index contributed by atoms with van der Waals surface area (Å²) in [5, 5.41) is 3.24. The topological polar surface area (TPSA) is 38.3 Å². The minimum absolute atomic E-state index is 0.231. The first-order valence-electron chi connectivity index (χ1n) is 5.61. The van der Waals surface area contributed by atoms with Crippen LogP contribution in [-0.2, 0) is 0 Å². The van der Waals surface area contributed by atoms with Crippen molar-refractivity contribution in [2.24, 2.45) is 0 Å². The van der Waals surface area contributed by atoms with Crippen LogP contribution in [0.15, 0.2) is 40.9 Å². The Labute approximate surface area is 143 Å². The molecule has 1 N–H and O–H groups in total. The summed E-state index contributed by atoms with van der Waals surface area (Å²) in [7, 11) is 1.56. The average Bonchev–Trinajstić information content (AvgIpc) is 2.43. The summed E-state index contributed by atoms with van der Waals surface area (Å²) >= 11 is 11.6. The Morgan fingerprint density at radius 3 is 2.75 bits per heavy atom. The van der Waals surface area contributed by atoms with E-state index in [1.54, 1.807) is 31.4 Å². The van der Waals surface area contributed by atoms with E-state index in [2.05, 4.69) is 43.8 Å². The molecule has 0 radical (unpaired) electrons. The van der Waals surface area contributed by atoms with Crippen LogP contribution in [0, 0.1) is 3.57 Å². The van der Waals surface area contributed by atoms with Crippen LogP contribution in [0.4, 0.5) is 5.69 Å². The SMILES string of the molecule is COc1ccc(Cl)c(NC(=O)c2cc(I)ccc2Br)c1. The van der Waals surface area contributed by atoms with Gasteiger partial charge in [-0.1, -0.05) is 11.6 Å². The summed E-state index contributed by atoms with van der Waals surface area (Å²) < 4.78 is 6.83. The van der Waals surface area contributed by atoms with E-state index in [0.29, 0.717) is 22.0 Å². The first-order valence-corrected chi connectivity index (χ1v) is 7.86. The highest BCUT2D eigenvalue weighted by molar-refractivity contribution is 14.1. The molecule has 0 atom stereocenters. The first-order chi connectivity index (χ1) is 9.51. The third-order valence-corrected chi connectivity index (χ3v) is 4.29. The lowest BCUT2D eigenvalue weighted by atomic mass is 10.2. The largest absolute Gasteiger partial charge is 0.497 e. The van der Waals surface area contributed by atoms with Gasteiger partial charge in [0.2, 0.25) is 0 Å². The molecule has 0 aliphatic carbocycles. The third-order valence-electron chi connectivity index (χ3n) is 2.59. The standard InChI is InChI=1S/C14H10BrClINO2/c1-20-9-3-5-12(16)13(7-9)18-14(19)10-6-8(17)2-4-11(10)15/h2-7H,1H3,(H,18,19). The minimum atomic E-state index is -0.231. The molecule has 0 aliphatic heterocycles. The number of carbonyl (C=O) groups is 1. The zero-order valence-electron chi connectivity index (χ0n) is 10.4. The van der Waals surface area contributed by atoms with Crippen molar-refractivity contribution in [3.63, 3.8) is 0 Å². The molecule has 0 heterocycles. The number of halogens is 3. The second kappa shape index (κ2) is 6.78. The van der Waals surface area contributed by atoms with E-state index < -0.39 is 0 Å². The highest BCUT2D eigenvalue weighted by Crippen LogP contribution is 2.28. The molecule has 2 aromatic rings. The minimum Gasteiger partial charge on any atom is -0.497 e. The Hall–Kier alpha value is -0.790. The van der Waals surface area contributed by atoms with Gasteiger partial charge in [-0.15, -0.1) is 0 Å². The molecule has 0 bridgehead atoms. The lowest BCUT2D eigenvalue weighted by Gasteiger charge is -2.10. The fourth-order valence-electron chi connectivity index (χ4n) is 1.59. The molecule has 20 heavy (non-hydrogen) atoms. The Morgan fingerprint density at radius 1 is 1.30 bits per heavy atom. The molecule has 6 heteroatoms. The van der Waals surface area contributed by atoms with E-state index in [4.69, 9.17) is 16.3 Å². The van der Waals surface area contributed by atoms with Crippen molar-refractivity contribution in [1.82, 2.24) is 0 Å². The van der Waals surface area contributed by atoms with Crippen LogP contribution in [-0.4, -0.2) is 13.0 Å². The van der Waals surface area contributed by atoms with Crippen LogP contribution < -0.4 is 10.1 Å². The summed E-state index contributed by atoms with van der Waals surface area (Å²) in [5.74, 6) is 0.400. The van der Waals surface area contributed by atoms with Crippen molar-refractivity contribution in [2.45, 2.75) is 0 Å². The van der Waals surface area contributed by atoms with Crippen molar-refractivity contribution in [3.05, 3.63) is 55.0 Å². The highest BCUT2D eigenvalue weighted by atomic mass is 127. The number of amides is 1. The van der Waals surface area contributed by atoms with Gasteiger partial charge in [-0.3, -0.25) is 4.79 Å². The highest BCUT2D eigenvalue weighted by Gasteiger charge is 2.13. The van der Waals surface area contributed by atoms with Crippen LogP contribution in [0.3, 0.4) is 0 Å². The number of rotatable bonds is 3. The van der Waals surface area contributed by atoms with Gasteiger partial charge in [-0.25, -0.2) is 0 Å². The van der Waals surface area contributed by atoms with Crippen LogP contribution in [0.2, 0.25) is 5.02 Å². The van der Waals surface area contributed by atoms with Gasteiger partial charge in [-0.05, 0) is 68.9 Å². The summed E-state index contributed by atoms with van der Waals surface area (Å²) in [6.07, 6.45) is 0. The number of anilines is 1. The molecule has 1 amide bonds. The predicted molar refractivity (Wildman–Crippen MR) is 92.8 cm³/mol. The first kappa shape index (κ1) is 15.6. The number of nitrogens with one attached hydrogen (secondary N) is 1. The van der Waals surface area contributed by atoms with Gasteiger partial charge in [0.1, 0.15) is 5.75 Å². The molecule has 0 saturated carbocycles. The summed E-state index contributed by atoms with van der Waals surface area (Å²) in [6.45, 7) is 0. The van der Waals surface area contributed by atoms with Gasteiger partial charge in [-0.2, -0.15) is 0 Å². The maximum atomic E-state index is 12.3. The van der Waals surface area contributed by atoms with Crippen LogP contribution in [0.25, 0.3) is 0 Å². The van der Waals surface area contributed by atoms with E-state index in [9.17, 15) is 4.79 Å². The number of benzene rings is 2. The Kier molecular flexibility index (Phi) is 5.29. The Bertz CT molecular complexity index is 664. The van der Waals surface area contributed by atoms with Crippen LogP contribution in [0.1, 0.15) is 10.4 Å². The molecular weight excluding hydrogens is 456 g/mol. The monoisotopic (exact) mass is 465 g/mol. The molecule has 0 aromatic heterocycles. The molecule has 2 aromatic carbocycles. The van der Waals surface area contributed by atoms with Gasteiger partial charge in [0, 0.05) is 14.1 Å². The van der Waals surface area contributed by atoms with Crippen molar-refractivity contribution in [3.8, 4) is 5.75 Å². The van der Waals surface area contributed by atoms with Crippen molar-refractivity contribution >= 4 is 61.7 Å². The molecule has 104 valence electrons. The molecule has 3 nitrogen and oxygen atoms in total. The molecule has 0 saturated heterocycles. The second-order valence-corrected chi connectivity index (χ2v) is 6.43. The molecule has 2 rings (SSSR count). The molecular formula is C14H10BrClINO2. The van der Waals surface area contributed by atoms with Crippen molar-refractivity contribution in [2.75, 3.05) is 12.4 Å². The fraction of sp³-hybridized carbons (Fsp3) is 0.0714. The molecule has 0 spiro atoms. The number of hydrogen-bond donors (Lipinski definition) is 1. The molecule has 0 unspecified atom stereocenters. The Morgan fingerprint density at radius 2 is 2.05 bits per heavy atom. The van der Waals surface area contributed by atoms with Gasteiger partial charge >= 0.3 is 0 Å². The zero-order chi connectivity index (χ0) is 14.7. The van der Waals surface area contributed by atoms with Gasteiger partial charge in [0.15, 0.2) is 0 Å². The maximum Gasteiger partial charge on any atom is 0.256 e. The van der Waals surface area contributed by atoms with Crippen LogP contribution in [0.5, 0.6) is 5.75 Å². The smallest absolute Gasteiger partial charge is 0.256 e. The summed E-state index contributed by atoms with van der Waals surface area (Å²) in [4.78, 5) is 12.3. The fourth-order valence-corrected chi connectivity index (χ4v) is 2.67. The summed E-state index contributed by atoms with van der Waals surface area (Å²) in [6, 6.07) is 10.7. The van der Waals surface area contributed by atoms with E-state index in [0.717, 1.165) is 8.04 Å². The van der Waals surface area contributed by atoms with E-state index >= 15 is 0 Å². The van der Waals surface area contributed by atoms with Crippen molar-refractivity contribution in [1.29, 1.82) is 0 Å². The van der Waals surface area contributed by atoms with Crippen LogP contribution >= 0.6 is 50.1 Å². The van der Waals surface area contributed by atoms with Crippen molar-refractivity contribution < 1.29 is 9.53 Å². The summed E-state index contributed by atoms with van der Waals surface area (Å²) in [5.41, 5.74) is 1.07.